The number of imidazole rings is 1. The van der Waals surface area contributed by atoms with Crippen LogP contribution in [0.2, 0.25) is 10.0 Å². The second-order valence-corrected chi connectivity index (χ2v) is 6.07. The van der Waals surface area contributed by atoms with Crippen LogP contribution >= 0.6 is 23.2 Å². The van der Waals surface area contributed by atoms with Gasteiger partial charge < -0.3 is 14.6 Å². The van der Waals surface area contributed by atoms with Crippen molar-refractivity contribution in [2.24, 2.45) is 0 Å². The van der Waals surface area contributed by atoms with Gasteiger partial charge in [0.25, 0.3) is 0 Å². The van der Waals surface area contributed by atoms with Gasteiger partial charge in [-0.25, -0.2) is 9.78 Å². The highest BCUT2D eigenvalue weighted by molar-refractivity contribution is 6.42. The number of nitrogens with one attached hydrogen (secondary N) is 1. The average molecular weight is 363 g/mol. The van der Waals surface area contributed by atoms with Crippen molar-refractivity contribution in [3.63, 3.8) is 0 Å². The normalized spacial score (nSPS) is 10.8. The summed E-state index contributed by atoms with van der Waals surface area (Å²) >= 11 is 11.9. The van der Waals surface area contributed by atoms with E-state index in [0.717, 1.165) is 11.3 Å². The van der Waals surface area contributed by atoms with Gasteiger partial charge in [-0.3, -0.25) is 0 Å². The van der Waals surface area contributed by atoms with Crippen molar-refractivity contribution in [2.75, 3.05) is 11.9 Å². The summed E-state index contributed by atoms with van der Waals surface area (Å²) in [6.45, 7) is 2.94. The third kappa shape index (κ3) is 3.47. The van der Waals surface area contributed by atoms with Crippen LogP contribution in [-0.2, 0) is 6.54 Å². The van der Waals surface area contributed by atoms with E-state index < -0.39 is 0 Å². The Morgan fingerprint density at radius 3 is 2.83 bits per heavy atom. The summed E-state index contributed by atoms with van der Waals surface area (Å²) in [5.41, 5.74) is 2.40. The molecule has 0 aliphatic carbocycles. The van der Waals surface area contributed by atoms with Gasteiger partial charge in [0.15, 0.2) is 0 Å². The molecule has 2 aromatic heterocycles. The minimum atomic E-state index is -0.207. The van der Waals surface area contributed by atoms with Crippen molar-refractivity contribution in [3.8, 4) is 0 Å². The van der Waals surface area contributed by atoms with Crippen LogP contribution in [0.15, 0.2) is 48.8 Å². The third-order valence-corrected chi connectivity index (χ3v) is 4.43. The number of fused-ring (bicyclic) bond motifs is 1. The van der Waals surface area contributed by atoms with Crippen molar-refractivity contribution in [3.05, 3.63) is 64.5 Å². The number of benzene rings is 1. The van der Waals surface area contributed by atoms with Crippen LogP contribution in [0.3, 0.4) is 0 Å². The van der Waals surface area contributed by atoms with E-state index in [1.165, 1.54) is 0 Å². The van der Waals surface area contributed by atoms with Gasteiger partial charge in [-0.15, -0.1) is 0 Å². The van der Waals surface area contributed by atoms with E-state index in [1.807, 2.05) is 35.7 Å². The first-order chi connectivity index (χ1) is 11.6. The molecule has 0 spiro atoms. The number of rotatable bonds is 4. The van der Waals surface area contributed by atoms with Gasteiger partial charge in [-0.05, 0) is 37.3 Å². The maximum Gasteiger partial charge on any atom is 0.322 e. The molecule has 0 unspecified atom stereocenters. The number of anilines is 1. The zero-order valence-corrected chi connectivity index (χ0v) is 14.6. The lowest BCUT2D eigenvalue weighted by Crippen LogP contribution is -2.34. The smallest absolute Gasteiger partial charge is 0.319 e. The number of aromatic nitrogens is 2. The summed E-state index contributed by atoms with van der Waals surface area (Å²) in [5.74, 6) is 0. The molecule has 2 heterocycles. The van der Waals surface area contributed by atoms with Crippen molar-refractivity contribution in [1.82, 2.24) is 14.3 Å². The molecular weight excluding hydrogens is 347 g/mol. The van der Waals surface area contributed by atoms with Crippen molar-refractivity contribution in [2.45, 2.75) is 13.5 Å². The highest BCUT2D eigenvalue weighted by Crippen LogP contribution is 2.25. The molecule has 0 radical (unpaired) electrons. The molecule has 0 saturated carbocycles. The van der Waals surface area contributed by atoms with E-state index in [0.29, 0.717) is 28.8 Å². The van der Waals surface area contributed by atoms with E-state index in [9.17, 15) is 4.79 Å². The van der Waals surface area contributed by atoms with Crippen LogP contribution in [0.5, 0.6) is 0 Å². The Kier molecular flexibility index (Phi) is 4.92. The molecular formula is C17H16Cl2N4O. The van der Waals surface area contributed by atoms with Crippen molar-refractivity contribution in [1.29, 1.82) is 0 Å². The fourth-order valence-electron chi connectivity index (χ4n) is 2.40. The first-order valence-corrected chi connectivity index (χ1v) is 8.26. The molecule has 0 fully saturated rings. The molecule has 0 saturated heterocycles. The Balaban J connectivity index is 1.75. The first-order valence-electron chi connectivity index (χ1n) is 7.50. The highest BCUT2D eigenvalue weighted by atomic mass is 35.5. The van der Waals surface area contributed by atoms with Crippen LogP contribution < -0.4 is 5.32 Å². The number of nitrogens with zero attached hydrogens (tertiary/aromatic N) is 3. The highest BCUT2D eigenvalue weighted by Gasteiger charge is 2.15. The van der Waals surface area contributed by atoms with Gasteiger partial charge in [0.05, 0.1) is 28.5 Å². The molecule has 1 aromatic carbocycles. The third-order valence-electron chi connectivity index (χ3n) is 3.69. The number of hydrogen-bond acceptors (Lipinski definition) is 2. The minimum Gasteiger partial charge on any atom is -0.319 e. The average Bonchev–Trinajstić information content (AvgIpc) is 2.99. The van der Waals surface area contributed by atoms with Gasteiger partial charge in [-0.2, -0.15) is 0 Å². The van der Waals surface area contributed by atoms with E-state index in [1.54, 1.807) is 29.3 Å². The molecule has 124 valence electrons. The summed E-state index contributed by atoms with van der Waals surface area (Å²) in [6.07, 6.45) is 3.72. The SMILES string of the molecule is CCN(Cc1cnc2ccccn12)C(=O)Nc1ccc(Cl)c(Cl)c1. The Labute approximate surface area is 149 Å². The van der Waals surface area contributed by atoms with E-state index >= 15 is 0 Å². The zero-order valence-electron chi connectivity index (χ0n) is 13.0. The quantitative estimate of drug-likeness (QED) is 0.731. The molecule has 7 heteroatoms. The van der Waals surface area contributed by atoms with E-state index in [4.69, 9.17) is 23.2 Å². The van der Waals surface area contributed by atoms with Crippen LogP contribution in [0.4, 0.5) is 10.5 Å². The molecule has 5 nitrogen and oxygen atoms in total. The van der Waals surface area contributed by atoms with Crippen LogP contribution in [0, 0.1) is 0 Å². The van der Waals surface area contributed by atoms with Gasteiger partial charge >= 0.3 is 6.03 Å². The molecule has 1 N–H and O–H groups in total. The maximum atomic E-state index is 12.5. The number of hydrogen-bond donors (Lipinski definition) is 1. The number of amides is 2. The van der Waals surface area contributed by atoms with Crippen LogP contribution in [-0.4, -0.2) is 26.9 Å². The number of halogens is 2. The fraction of sp³-hybridized carbons (Fsp3) is 0.176. The predicted octanol–water partition coefficient (Wildman–Crippen LogP) is 4.70. The molecule has 0 aliphatic rings. The van der Waals surface area contributed by atoms with Crippen molar-refractivity contribution < 1.29 is 4.79 Å². The van der Waals surface area contributed by atoms with Crippen molar-refractivity contribution >= 4 is 40.6 Å². The summed E-state index contributed by atoms with van der Waals surface area (Å²) in [7, 11) is 0. The maximum absolute atomic E-state index is 12.5. The van der Waals surface area contributed by atoms with E-state index in [-0.39, 0.29) is 6.03 Å². The minimum absolute atomic E-state index is 0.207. The predicted molar refractivity (Wildman–Crippen MR) is 96.8 cm³/mol. The Hall–Kier alpha value is -2.24. The standard InChI is InChI=1S/C17H16Cl2N4O/c1-2-22(11-13-10-20-16-5-3-4-8-23(13)16)17(24)21-12-6-7-14(18)15(19)9-12/h3-10H,2,11H2,1H3,(H,21,24). The van der Waals surface area contributed by atoms with Crippen LogP contribution in [0.1, 0.15) is 12.6 Å². The van der Waals surface area contributed by atoms with Gasteiger partial charge in [0.1, 0.15) is 5.65 Å². The van der Waals surface area contributed by atoms with Gasteiger partial charge in [0.2, 0.25) is 0 Å². The molecule has 24 heavy (non-hydrogen) atoms. The van der Waals surface area contributed by atoms with Crippen LogP contribution in [0.25, 0.3) is 5.65 Å². The second-order valence-electron chi connectivity index (χ2n) is 5.25. The van der Waals surface area contributed by atoms with Gasteiger partial charge in [0, 0.05) is 18.4 Å². The number of carbonyl (C=O) groups is 1. The largest absolute Gasteiger partial charge is 0.322 e. The van der Waals surface area contributed by atoms with Gasteiger partial charge in [-0.1, -0.05) is 29.3 Å². The fourth-order valence-corrected chi connectivity index (χ4v) is 2.70. The lowest BCUT2D eigenvalue weighted by molar-refractivity contribution is 0.211. The summed E-state index contributed by atoms with van der Waals surface area (Å²) in [6, 6.07) is 10.6. The number of carbonyl (C=O) groups excluding carboxylic acids is 1. The Bertz CT molecular complexity index is 878. The number of urea groups is 1. The second kappa shape index (κ2) is 7.11. The Morgan fingerprint density at radius 1 is 1.25 bits per heavy atom. The first kappa shape index (κ1) is 16.6. The monoisotopic (exact) mass is 362 g/mol. The summed E-state index contributed by atoms with van der Waals surface area (Å²) < 4.78 is 1.97. The Morgan fingerprint density at radius 2 is 2.08 bits per heavy atom. The lowest BCUT2D eigenvalue weighted by Gasteiger charge is -2.21. The number of pyridine rings is 1. The van der Waals surface area contributed by atoms with E-state index in [2.05, 4.69) is 10.3 Å². The molecule has 0 atom stereocenters. The molecule has 3 aromatic rings. The summed E-state index contributed by atoms with van der Waals surface area (Å²) in [5, 5.41) is 3.69. The zero-order chi connectivity index (χ0) is 17.1. The summed E-state index contributed by atoms with van der Waals surface area (Å²) in [4.78, 5) is 18.5. The molecule has 0 aliphatic heterocycles. The molecule has 0 bridgehead atoms. The molecule has 3 rings (SSSR count). The molecule has 2 amide bonds. The lowest BCUT2D eigenvalue weighted by atomic mass is 10.3. The topological polar surface area (TPSA) is 49.6 Å².